The summed E-state index contributed by atoms with van der Waals surface area (Å²) in [5.74, 6) is 0. The number of hydrogen-bond acceptors (Lipinski definition) is 4. The molecule has 4 nitrogen and oxygen atoms in total. The first kappa shape index (κ1) is 21.8. The summed E-state index contributed by atoms with van der Waals surface area (Å²) in [6.45, 7) is 20.8. The second-order valence-corrected chi connectivity index (χ2v) is 6.18. The molecule has 0 bridgehead atoms. The van der Waals surface area contributed by atoms with Crippen LogP contribution in [-0.4, -0.2) is 75.2 Å². The van der Waals surface area contributed by atoms with E-state index >= 15 is 0 Å². The molecule has 0 saturated heterocycles. The van der Waals surface area contributed by atoms with Crippen LogP contribution in [0.1, 0.15) is 53.4 Å². The van der Waals surface area contributed by atoms with Gasteiger partial charge in [0.1, 0.15) is 0 Å². The van der Waals surface area contributed by atoms with E-state index in [0.29, 0.717) is 0 Å². The quantitative estimate of drug-likeness (QED) is 0.404. The largest absolute Gasteiger partial charge is 0.315 e. The highest BCUT2D eigenvalue weighted by atomic mass is 15.2. The van der Waals surface area contributed by atoms with Crippen molar-refractivity contribution in [2.24, 2.45) is 0 Å². The van der Waals surface area contributed by atoms with Crippen molar-refractivity contribution in [3.05, 3.63) is 0 Å². The first-order valence-corrected chi connectivity index (χ1v) is 9.64. The molecule has 0 rings (SSSR count). The van der Waals surface area contributed by atoms with E-state index < -0.39 is 0 Å². The van der Waals surface area contributed by atoms with Gasteiger partial charge in [0.05, 0.1) is 0 Å². The number of hydrogen-bond donors (Lipinski definition) is 2. The molecule has 0 aliphatic heterocycles. The van der Waals surface area contributed by atoms with E-state index in [-0.39, 0.29) is 0 Å². The lowest BCUT2D eigenvalue weighted by Gasteiger charge is -2.27. The Kier molecular flexibility index (Phi) is 17.1. The summed E-state index contributed by atoms with van der Waals surface area (Å²) < 4.78 is 0. The normalized spacial score (nSPS) is 11.7. The molecular formula is C18H42N4. The summed E-state index contributed by atoms with van der Waals surface area (Å²) >= 11 is 0. The van der Waals surface area contributed by atoms with Crippen LogP contribution in [0.5, 0.6) is 0 Å². The molecule has 0 fully saturated rings. The Morgan fingerprint density at radius 1 is 0.455 bits per heavy atom. The third-order valence-corrected chi connectivity index (χ3v) is 3.88. The minimum atomic E-state index is 1.12. The van der Waals surface area contributed by atoms with Gasteiger partial charge in [0.25, 0.3) is 0 Å². The van der Waals surface area contributed by atoms with Crippen LogP contribution in [0, 0.1) is 0 Å². The van der Waals surface area contributed by atoms with Crippen molar-refractivity contribution in [2.45, 2.75) is 53.4 Å². The summed E-state index contributed by atoms with van der Waals surface area (Å²) in [6, 6.07) is 0. The van der Waals surface area contributed by atoms with E-state index in [9.17, 15) is 0 Å². The number of nitrogens with one attached hydrogen (secondary N) is 2. The average Bonchev–Trinajstić information content (AvgIpc) is 2.52. The third-order valence-electron chi connectivity index (χ3n) is 3.88. The summed E-state index contributed by atoms with van der Waals surface area (Å²) in [5.41, 5.74) is 0. The maximum atomic E-state index is 3.52. The Bertz CT molecular complexity index is 189. The van der Waals surface area contributed by atoms with E-state index in [1.165, 1.54) is 65.0 Å². The molecule has 0 heterocycles. The van der Waals surface area contributed by atoms with Crippen molar-refractivity contribution in [1.29, 1.82) is 0 Å². The second-order valence-electron chi connectivity index (χ2n) is 6.18. The fraction of sp³-hybridized carbons (Fsp3) is 1.00. The molecule has 4 heteroatoms. The molecule has 0 atom stereocenters. The Balaban J connectivity index is 3.96. The lowest BCUT2D eigenvalue weighted by molar-refractivity contribution is 0.203. The average molecular weight is 315 g/mol. The summed E-state index contributed by atoms with van der Waals surface area (Å²) in [7, 11) is 0. The highest BCUT2D eigenvalue weighted by Crippen LogP contribution is 1.96. The summed E-state index contributed by atoms with van der Waals surface area (Å²) in [6.07, 6.45) is 4.95. The molecule has 0 aromatic carbocycles. The van der Waals surface area contributed by atoms with Gasteiger partial charge < -0.3 is 20.4 Å². The van der Waals surface area contributed by atoms with Crippen molar-refractivity contribution in [1.82, 2.24) is 20.4 Å². The fourth-order valence-electron chi connectivity index (χ4n) is 2.66. The first-order valence-electron chi connectivity index (χ1n) is 9.64. The van der Waals surface area contributed by atoms with Crippen LogP contribution in [-0.2, 0) is 0 Å². The standard InChI is InChI=1S/C18H42N4/c1-5-9-19-11-15-21(13-7-3)17-18-22(14-8-4)16-12-20-10-6-2/h19-20H,5-18H2,1-4H3. The molecule has 0 saturated carbocycles. The predicted molar refractivity (Wildman–Crippen MR) is 99.8 cm³/mol. The molecule has 22 heavy (non-hydrogen) atoms. The van der Waals surface area contributed by atoms with Crippen molar-refractivity contribution in [2.75, 3.05) is 65.4 Å². The van der Waals surface area contributed by atoms with Gasteiger partial charge in [-0.05, 0) is 51.9 Å². The zero-order valence-corrected chi connectivity index (χ0v) is 15.8. The van der Waals surface area contributed by atoms with E-state index in [1.807, 2.05) is 0 Å². The van der Waals surface area contributed by atoms with Crippen LogP contribution in [0.3, 0.4) is 0 Å². The molecule has 134 valence electrons. The lowest BCUT2D eigenvalue weighted by atomic mass is 10.3. The Morgan fingerprint density at radius 2 is 0.864 bits per heavy atom. The van der Waals surface area contributed by atoms with Gasteiger partial charge in [0.15, 0.2) is 0 Å². The second kappa shape index (κ2) is 17.2. The molecule has 0 spiro atoms. The fourth-order valence-corrected chi connectivity index (χ4v) is 2.66. The molecule has 2 N–H and O–H groups in total. The predicted octanol–water partition coefficient (Wildman–Crippen LogP) is 2.41. The highest BCUT2D eigenvalue weighted by molar-refractivity contribution is 4.65. The third kappa shape index (κ3) is 13.5. The molecule has 0 amide bonds. The van der Waals surface area contributed by atoms with E-state index in [4.69, 9.17) is 0 Å². The van der Waals surface area contributed by atoms with Gasteiger partial charge in [0.2, 0.25) is 0 Å². The van der Waals surface area contributed by atoms with E-state index in [2.05, 4.69) is 48.1 Å². The van der Waals surface area contributed by atoms with Crippen molar-refractivity contribution in [3.63, 3.8) is 0 Å². The zero-order valence-electron chi connectivity index (χ0n) is 15.8. The van der Waals surface area contributed by atoms with Gasteiger partial charge in [-0.1, -0.05) is 27.7 Å². The van der Waals surface area contributed by atoms with Crippen LogP contribution in [0.2, 0.25) is 0 Å². The number of nitrogens with zero attached hydrogens (tertiary/aromatic N) is 2. The molecule has 0 aromatic rings. The summed E-state index contributed by atoms with van der Waals surface area (Å²) in [4.78, 5) is 5.23. The Morgan fingerprint density at radius 3 is 1.18 bits per heavy atom. The molecule has 0 aromatic heterocycles. The van der Waals surface area contributed by atoms with Crippen LogP contribution in [0.4, 0.5) is 0 Å². The zero-order chi connectivity index (χ0) is 16.5. The lowest BCUT2D eigenvalue weighted by Crippen LogP contribution is -2.41. The van der Waals surface area contributed by atoms with Crippen LogP contribution in [0.15, 0.2) is 0 Å². The SMILES string of the molecule is CCCNCCN(CCC)CCN(CCC)CCNCCC. The van der Waals surface area contributed by atoms with Crippen LogP contribution < -0.4 is 10.6 Å². The molecule has 0 aliphatic rings. The van der Waals surface area contributed by atoms with Gasteiger partial charge in [-0.15, -0.1) is 0 Å². The smallest absolute Gasteiger partial charge is 0.0110 e. The number of rotatable bonds is 17. The van der Waals surface area contributed by atoms with E-state index in [0.717, 1.165) is 26.2 Å². The topological polar surface area (TPSA) is 30.5 Å². The van der Waals surface area contributed by atoms with Gasteiger partial charge in [0, 0.05) is 39.3 Å². The minimum absolute atomic E-state index is 1.12. The Hall–Kier alpha value is -0.160. The first-order chi connectivity index (χ1) is 10.8. The molecule has 0 aliphatic carbocycles. The van der Waals surface area contributed by atoms with Crippen molar-refractivity contribution in [3.8, 4) is 0 Å². The maximum Gasteiger partial charge on any atom is 0.0110 e. The van der Waals surface area contributed by atoms with Crippen LogP contribution >= 0.6 is 0 Å². The summed E-state index contributed by atoms with van der Waals surface area (Å²) in [5, 5.41) is 7.04. The van der Waals surface area contributed by atoms with E-state index in [1.54, 1.807) is 0 Å². The molecular weight excluding hydrogens is 272 g/mol. The van der Waals surface area contributed by atoms with Gasteiger partial charge >= 0.3 is 0 Å². The highest BCUT2D eigenvalue weighted by Gasteiger charge is 2.08. The monoisotopic (exact) mass is 314 g/mol. The van der Waals surface area contributed by atoms with Crippen LogP contribution in [0.25, 0.3) is 0 Å². The maximum absolute atomic E-state index is 3.52. The van der Waals surface area contributed by atoms with Gasteiger partial charge in [-0.3, -0.25) is 0 Å². The molecule has 0 unspecified atom stereocenters. The minimum Gasteiger partial charge on any atom is -0.315 e. The van der Waals surface area contributed by atoms with Crippen molar-refractivity contribution >= 4 is 0 Å². The Labute approximate surface area is 140 Å². The van der Waals surface area contributed by atoms with Gasteiger partial charge in [-0.25, -0.2) is 0 Å². The van der Waals surface area contributed by atoms with Gasteiger partial charge in [-0.2, -0.15) is 0 Å². The van der Waals surface area contributed by atoms with Crippen molar-refractivity contribution < 1.29 is 0 Å². The molecule has 0 radical (unpaired) electrons.